The van der Waals surface area contributed by atoms with Crippen LogP contribution in [0.1, 0.15) is 22.3 Å². The molecule has 4 aromatic rings. The lowest BCUT2D eigenvalue weighted by Crippen LogP contribution is -2.44. The van der Waals surface area contributed by atoms with Gasteiger partial charge in [0.2, 0.25) is 0 Å². The predicted octanol–water partition coefficient (Wildman–Crippen LogP) is 7.20. The highest BCUT2D eigenvalue weighted by Crippen LogP contribution is 2.48. The molecule has 4 aromatic carbocycles. The molecule has 0 bridgehead atoms. The van der Waals surface area contributed by atoms with Crippen LogP contribution in [0.3, 0.4) is 0 Å². The third-order valence-electron chi connectivity index (χ3n) is 5.45. The van der Waals surface area contributed by atoms with E-state index in [1.165, 1.54) is 48.5 Å². The van der Waals surface area contributed by atoms with Crippen LogP contribution in [0.2, 0.25) is 0 Å². The molecule has 0 aliphatic heterocycles. The Hall–Kier alpha value is -3.01. The molecule has 32 heavy (non-hydrogen) atoms. The molecule has 0 radical (unpaired) electrons. The number of carbonyl (C=O) groups excluding carboxylic acids is 1. The largest absolute Gasteiger partial charge is 0.294 e. The highest BCUT2D eigenvalue weighted by Gasteiger charge is 2.52. The smallest absolute Gasteiger partial charge is 0.192 e. The number of alkyl halides is 2. The van der Waals surface area contributed by atoms with Crippen LogP contribution in [-0.4, -0.2) is 5.78 Å². The fourth-order valence-electron chi connectivity index (χ4n) is 3.79. The minimum absolute atomic E-state index is 0.375. The van der Waals surface area contributed by atoms with Gasteiger partial charge in [-0.3, -0.25) is 4.79 Å². The first-order valence-electron chi connectivity index (χ1n) is 9.92. The summed E-state index contributed by atoms with van der Waals surface area (Å²) in [4.78, 5) is 10.9. The lowest BCUT2D eigenvalue weighted by Gasteiger charge is -2.36. The molecule has 0 aliphatic rings. The van der Waals surface area contributed by atoms with Crippen LogP contribution in [0, 0.1) is 11.6 Å². The molecule has 2 unspecified atom stereocenters. The fourth-order valence-corrected chi connectivity index (χ4v) is 4.63. The van der Waals surface area contributed by atoms with Gasteiger partial charge in [0.25, 0.3) is 0 Å². The van der Waals surface area contributed by atoms with Gasteiger partial charge in [0.15, 0.2) is 15.5 Å². The van der Waals surface area contributed by atoms with Gasteiger partial charge in [-0.15, -0.1) is 23.2 Å². The Balaban J connectivity index is 1.99. The number of benzene rings is 4. The molecule has 2 atom stereocenters. The average Bonchev–Trinajstić information content (AvgIpc) is 2.84. The van der Waals surface area contributed by atoms with Crippen molar-refractivity contribution in [1.29, 1.82) is 0 Å². The molecule has 0 spiro atoms. The predicted molar refractivity (Wildman–Crippen MR) is 124 cm³/mol. The Kier molecular flexibility index (Phi) is 6.14. The molecule has 0 aromatic heterocycles. The molecule has 5 heteroatoms. The molecule has 1 nitrogen and oxygen atoms in total. The molecule has 0 fully saturated rings. The molecular weight excluding hydrogens is 449 g/mol. The van der Waals surface area contributed by atoms with Gasteiger partial charge < -0.3 is 0 Å². The normalized spacial score (nSPS) is 14.9. The number of hydrogen-bond acceptors (Lipinski definition) is 1. The average molecular weight is 467 g/mol. The van der Waals surface area contributed by atoms with Crippen molar-refractivity contribution in [2.75, 3.05) is 0 Å². The van der Waals surface area contributed by atoms with E-state index in [9.17, 15) is 13.6 Å². The van der Waals surface area contributed by atoms with Crippen LogP contribution in [-0.2, 0) is 14.5 Å². The van der Waals surface area contributed by atoms with Crippen LogP contribution in [0.4, 0.5) is 8.78 Å². The molecule has 160 valence electrons. The van der Waals surface area contributed by atoms with E-state index in [0.29, 0.717) is 22.3 Å². The monoisotopic (exact) mass is 466 g/mol. The summed E-state index contributed by atoms with van der Waals surface area (Å²) in [6.07, 6.45) is 0. The van der Waals surface area contributed by atoms with Gasteiger partial charge in [-0.2, -0.15) is 0 Å². The standard InChI is InChI=1S/C27H18Cl2F2O/c28-26(19-7-3-1-4-8-19,21-11-15-23(30)16-12-21)25(32)27(29,20-9-5-2-6-10-20)22-13-17-24(31)18-14-22/h1-18H. The Labute approximate surface area is 195 Å². The first kappa shape index (κ1) is 22.2. The molecule has 0 aliphatic carbocycles. The molecule has 0 heterocycles. The maximum atomic E-state index is 14.4. The van der Waals surface area contributed by atoms with E-state index >= 15 is 0 Å². The summed E-state index contributed by atoms with van der Waals surface area (Å²) in [5.74, 6) is -1.46. The summed E-state index contributed by atoms with van der Waals surface area (Å²) in [7, 11) is 0. The van der Waals surface area contributed by atoms with Crippen LogP contribution in [0.5, 0.6) is 0 Å². The minimum atomic E-state index is -1.74. The lowest BCUT2D eigenvalue weighted by molar-refractivity contribution is -0.122. The highest BCUT2D eigenvalue weighted by atomic mass is 35.5. The summed E-state index contributed by atoms with van der Waals surface area (Å²) >= 11 is 14.4. The summed E-state index contributed by atoms with van der Waals surface area (Å²) in [6.45, 7) is 0. The number of hydrogen-bond donors (Lipinski definition) is 0. The van der Waals surface area contributed by atoms with E-state index in [1.54, 1.807) is 60.7 Å². The summed E-state index contributed by atoms with van der Waals surface area (Å²) in [5.41, 5.74) is 1.72. The topological polar surface area (TPSA) is 17.1 Å². The van der Waals surface area contributed by atoms with Crippen LogP contribution in [0.15, 0.2) is 109 Å². The van der Waals surface area contributed by atoms with Crippen molar-refractivity contribution in [1.82, 2.24) is 0 Å². The van der Waals surface area contributed by atoms with Crippen LogP contribution < -0.4 is 0 Å². The van der Waals surface area contributed by atoms with Crippen LogP contribution in [0.25, 0.3) is 0 Å². The SMILES string of the molecule is O=C(C(Cl)(c1ccccc1)c1ccc(F)cc1)C(Cl)(c1ccccc1)c1ccc(F)cc1. The van der Waals surface area contributed by atoms with Gasteiger partial charge in [0.05, 0.1) is 0 Å². The summed E-state index contributed by atoms with van der Waals surface area (Å²) in [6, 6.07) is 28.4. The maximum Gasteiger partial charge on any atom is 0.192 e. The first-order valence-corrected chi connectivity index (χ1v) is 10.7. The van der Waals surface area contributed by atoms with Gasteiger partial charge in [0, 0.05) is 0 Å². The van der Waals surface area contributed by atoms with Crippen molar-refractivity contribution in [2.45, 2.75) is 9.75 Å². The Morgan fingerprint density at radius 2 is 0.781 bits per heavy atom. The zero-order valence-electron chi connectivity index (χ0n) is 16.8. The second-order valence-electron chi connectivity index (χ2n) is 7.39. The van der Waals surface area contributed by atoms with Crippen molar-refractivity contribution in [2.24, 2.45) is 0 Å². The van der Waals surface area contributed by atoms with Gasteiger partial charge in [0.1, 0.15) is 11.6 Å². The molecule has 4 rings (SSSR count). The van der Waals surface area contributed by atoms with Crippen molar-refractivity contribution in [3.05, 3.63) is 143 Å². The van der Waals surface area contributed by atoms with Crippen molar-refractivity contribution >= 4 is 29.0 Å². The van der Waals surface area contributed by atoms with E-state index in [1.807, 2.05) is 0 Å². The highest BCUT2D eigenvalue weighted by molar-refractivity contribution is 6.47. The molecule has 0 amide bonds. The van der Waals surface area contributed by atoms with Gasteiger partial charge in [-0.05, 0) is 46.5 Å². The number of Topliss-reactive ketones (excluding diaryl/α,β-unsaturated/α-hetero) is 1. The van der Waals surface area contributed by atoms with Gasteiger partial charge in [-0.1, -0.05) is 84.9 Å². The van der Waals surface area contributed by atoms with Gasteiger partial charge >= 0.3 is 0 Å². The first-order chi connectivity index (χ1) is 15.4. The quantitative estimate of drug-likeness (QED) is 0.274. The van der Waals surface area contributed by atoms with Crippen molar-refractivity contribution in [3.8, 4) is 0 Å². The fraction of sp³-hybridized carbons (Fsp3) is 0.0741. The molecule has 0 N–H and O–H groups in total. The molecule has 0 saturated heterocycles. The second-order valence-corrected chi connectivity index (χ2v) is 8.53. The lowest BCUT2D eigenvalue weighted by atomic mass is 9.75. The number of ketones is 1. The van der Waals surface area contributed by atoms with E-state index in [4.69, 9.17) is 23.2 Å². The molecule has 0 saturated carbocycles. The Morgan fingerprint density at radius 3 is 1.09 bits per heavy atom. The zero-order valence-corrected chi connectivity index (χ0v) is 18.3. The second kappa shape index (κ2) is 8.85. The van der Waals surface area contributed by atoms with E-state index in [-0.39, 0.29) is 0 Å². The third kappa shape index (κ3) is 3.83. The minimum Gasteiger partial charge on any atom is -0.294 e. The summed E-state index contributed by atoms with van der Waals surface area (Å²) in [5, 5.41) is 0. The maximum absolute atomic E-state index is 14.4. The van der Waals surface area contributed by atoms with E-state index < -0.39 is 27.2 Å². The van der Waals surface area contributed by atoms with Gasteiger partial charge in [-0.25, -0.2) is 8.78 Å². The number of rotatable bonds is 6. The van der Waals surface area contributed by atoms with E-state index in [2.05, 4.69) is 0 Å². The molecular formula is C27H18Cl2F2O. The number of carbonyl (C=O) groups is 1. The zero-order chi connectivity index (χ0) is 22.8. The third-order valence-corrected chi connectivity index (χ3v) is 6.67. The van der Waals surface area contributed by atoms with Crippen LogP contribution >= 0.6 is 23.2 Å². The van der Waals surface area contributed by atoms with Crippen molar-refractivity contribution < 1.29 is 13.6 Å². The Morgan fingerprint density at radius 1 is 0.500 bits per heavy atom. The number of halogens is 4. The van der Waals surface area contributed by atoms with Crippen molar-refractivity contribution in [3.63, 3.8) is 0 Å². The van der Waals surface area contributed by atoms with E-state index in [0.717, 1.165) is 0 Å². The Bertz CT molecular complexity index is 1120. The summed E-state index contributed by atoms with van der Waals surface area (Å²) < 4.78 is 27.4.